The summed E-state index contributed by atoms with van der Waals surface area (Å²) in [5.41, 5.74) is -2.33. The van der Waals surface area contributed by atoms with Crippen LogP contribution in [0.1, 0.15) is 48.5 Å². The molecule has 0 radical (unpaired) electrons. The third-order valence-corrected chi connectivity index (χ3v) is 3.03. The van der Waals surface area contributed by atoms with Crippen LogP contribution in [0.4, 0.5) is 18.9 Å². The number of nitro groups is 1. The monoisotopic (exact) mass is 318 g/mol. The molecule has 0 saturated heterocycles. The van der Waals surface area contributed by atoms with Crippen molar-refractivity contribution in [2.24, 2.45) is 0 Å². The van der Waals surface area contributed by atoms with Crippen LogP contribution in [0.3, 0.4) is 0 Å². The zero-order valence-corrected chi connectivity index (χ0v) is 12.1. The van der Waals surface area contributed by atoms with Gasteiger partial charge in [-0.15, -0.1) is 0 Å². The summed E-state index contributed by atoms with van der Waals surface area (Å²) in [4.78, 5) is 21.6. The molecule has 22 heavy (non-hydrogen) atoms. The van der Waals surface area contributed by atoms with Gasteiger partial charge in [-0.1, -0.05) is 26.2 Å². The maximum atomic E-state index is 12.7. The minimum Gasteiger partial charge on any atom is -0.352 e. The van der Waals surface area contributed by atoms with E-state index in [9.17, 15) is 28.1 Å². The number of amides is 1. The molecule has 0 aliphatic rings. The van der Waals surface area contributed by atoms with Crippen LogP contribution in [0, 0.1) is 10.1 Å². The van der Waals surface area contributed by atoms with Crippen LogP contribution in [-0.4, -0.2) is 17.4 Å². The van der Waals surface area contributed by atoms with Crippen molar-refractivity contribution in [2.45, 2.75) is 38.8 Å². The summed E-state index contributed by atoms with van der Waals surface area (Å²) in [7, 11) is 0. The molecule has 8 heteroatoms. The SMILES string of the molecule is CCCCCCNC(=O)c1cc([N+](=O)[O-])cc(C(F)(F)F)c1. The summed E-state index contributed by atoms with van der Waals surface area (Å²) in [6.45, 7) is 2.35. The zero-order valence-electron chi connectivity index (χ0n) is 12.1. The first-order valence-electron chi connectivity index (χ1n) is 6.90. The molecule has 0 fully saturated rings. The highest BCUT2D eigenvalue weighted by molar-refractivity contribution is 5.95. The third kappa shape index (κ3) is 5.34. The number of hydrogen-bond acceptors (Lipinski definition) is 3. The Morgan fingerprint density at radius 1 is 1.23 bits per heavy atom. The summed E-state index contributed by atoms with van der Waals surface area (Å²) in [5, 5.41) is 13.2. The van der Waals surface area contributed by atoms with Gasteiger partial charge < -0.3 is 5.32 Å². The van der Waals surface area contributed by atoms with Crippen LogP contribution in [0.15, 0.2) is 18.2 Å². The number of hydrogen-bond donors (Lipinski definition) is 1. The first kappa shape index (κ1) is 17.9. The van der Waals surface area contributed by atoms with Gasteiger partial charge in [0.15, 0.2) is 0 Å². The number of benzene rings is 1. The van der Waals surface area contributed by atoms with E-state index in [0.29, 0.717) is 25.1 Å². The molecule has 0 spiro atoms. The number of nitro benzene ring substituents is 1. The van der Waals surface area contributed by atoms with E-state index in [-0.39, 0.29) is 5.56 Å². The molecule has 0 bridgehead atoms. The molecule has 0 unspecified atom stereocenters. The van der Waals surface area contributed by atoms with E-state index < -0.39 is 28.3 Å². The predicted octanol–water partition coefficient (Wildman–Crippen LogP) is 3.92. The Kier molecular flexibility index (Phi) is 6.33. The van der Waals surface area contributed by atoms with Crippen LogP contribution in [0.2, 0.25) is 0 Å². The van der Waals surface area contributed by atoms with Crippen molar-refractivity contribution in [3.63, 3.8) is 0 Å². The van der Waals surface area contributed by atoms with E-state index in [1.165, 1.54) is 0 Å². The molecular formula is C14H17F3N2O3. The van der Waals surface area contributed by atoms with E-state index in [1.807, 2.05) is 6.92 Å². The lowest BCUT2D eigenvalue weighted by Gasteiger charge is -2.09. The van der Waals surface area contributed by atoms with Crippen molar-refractivity contribution < 1.29 is 22.9 Å². The van der Waals surface area contributed by atoms with Crippen LogP contribution >= 0.6 is 0 Å². The van der Waals surface area contributed by atoms with E-state index >= 15 is 0 Å². The quantitative estimate of drug-likeness (QED) is 0.470. The molecule has 1 rings (SSSR count). The topological polar surface area (TPSA) is 72.2 Å². The lowest BCUT2D eigenvalue weighted by atomic mass is 10.1. The van der Waals surface area contributed by atoms with Gasteiger partial charge in [-0.25, -0.2) is 0 Å². The Balaban J connectivity index is 2.86. The van der Waals surface area contributed by atoms with Crippen LogP contribution < -0.4 is 5.32 Å². The number of halogens is 3. The number of nitrogens with one attached hydrogen (secondary N) is 1. The Bertz CT molecular complexity index is 545. The highest BCUT2D eigenvalue weighted by atomic mass is 19.4. The zero-order chi connectivity index (χ0) is 16.8. The van der Waals surface area contributed by atoms with E-state index in [1.54, 1.807) is 0 Å². The van der Waals surface area contributed by atoms with Gasteiger partial charge in [-0.2, -0.15) is 13.2 Å². The highest BCUT2D eigenvalue weighted by Gasteiger charge is 2.33. The van der Waals surface area contributed by atoms with Crippen molar-refractivity contribution in [3.05, 3.63) is 39.4 Å². The second-order valence-corrected chi connectivity index (χ2v) is 4.84. The maximum Gasteiger partial charge on any atom is 0.416 e. The Labute approximate surface area is 125 Å². The van der Waals surface area contributed by atoms with E-state index in [4.69, 9.17) is 0 Å². The third-order valence-electron chi connectivity index (χ3n) is 3.03. The number of carbonyl (C=O) groups excluding carboxylic acids is 1. The van der Waals surface area contributed by atoms with Gasteiger partial charge in [0.1, 0.15) is 0 Å². The fourth-order valence-corrected chi connectivity index (χ4v) is 1.87. The van der Waals surface area contributed by atoms with Gasteiger partial charge in [0.2, 0.25) is 0 Å². The van der Waals surface area contributed by atoms with E-state index in [2.05, 4.69) is 5.32 Å². The van der Waals surface area contributed by atoms with Crippen LogP contribution in [0.5, 0.6) is 0 Å². The number of non-ortho nitro benzene ring substituents is 1. The Morgan fingerprint density at radius 2 is 1.91 bits per heavy atom. The summed E-state index contributed by atoms with van der Waals surface area (Å²) in [6, 6.07) is 1.88. The lowest BCUT2D eigenvalue weighted by molar-refractivity contribution is -0.385. The summed E-state index contributed by atoms with van der Waals surface area (Å²) in [5.74, 6) is -0.745. The highest BCUT2D eigenvalue weighted by Crippen LogP contribution is 2.32. The minimum atomic E-state index is -4.75. The van der Waals surface area contributed by atoms with Crippen molar-refractivity contribution in [1.29, 1.82) is 0 Å². The molecule has 0 aliphatic carbocycles. The molecule has 1 aromatic rings. The normalized spacial score (nSPS) is 11.3. The second-order valence-electron chi connectivity index (χ2n) is 4.84. The molecule has 1 N–H and O–H groups in total. The van der Waals surface area contributed by atoms with Crippen molar-refractivity contribution in [1.82, 2.24) is 5.32 Å². The molecule has 0 aliphatic heterocycles. The Morgan fingerprint density at radius 3 is 2.45 bits per heavy atom. The van der Waals surface area contributed by atoms with E-state index in [0.717, 1.165) is 25.3 Å². The number of unbranched alkanes of at least 4 members (excludes halogenated alkanes) is 3. The molecule has 0 saturated carbocycles. The number of alkyl halides is 3. The Hall–Kier alpha value is -2.12. The molecule has 0 atom stereocenters. The smallest absolute Gasteiger partial charge is 0.352 e. The molecule has 1 amide bonds. The predicted molar refractivity (Wildman–Crippen MR) is 74.6 cm³/mol. The summed E-state index contributed by atoms with van der Waals surface area (Å²) >= 11 is 0. The first-order valence-corrected chi connectivity index (χ1v) is 6.90. The van der Waals surface area contributed by atoms with Crippen molar-refractivity contribution >= 4 is 11.6 Å². The molecular weight excluding hydrogens is 301 g/mol. The van der Waals surface area contributed by atoms with Gasteiger partial charge in [0.05, 0.1) is 10.5 Å². The molecule has 5 nitrogen and oxygen atoms in total. The summed E-state index contributed by atoms with van der Waals surface area (Å²) < 4.78 is 38.1. The lowest BCUT2D eigenvalue weighted by Crippen LogP contribution is -2.25. The second kappa shape index (κ2) is 7.77. The van der Waals surface area contributed by atoms with Crippen LogP contribution in [-0.2, 0) is 6.18 Å². The molecule has 122 valence electrons. The fourth-order valence-electron chi connectivity index (χ4n) is 1.87. The summed E-state index contributed by atoms with van der Waals surface area (Å²) in [6.07, 6.45) is -1.11. The van der Waals surface area contributed by atoms with Gasteiger partial charge in [0.25, 0.3) is 11.6 Å². The average Bonchev–Trinajstić information content (AvgIpc) is 2.45. The molecule has 0 heterocycles. The largest absolute Gasteiger partial charge is 0.416 e. The number of nitrogens with zero attached hydrogens (tertiary/aromatic N) is 1. The molecule has 0 aromatic heterocycles. The van der Waals surface area contributed by atoms with Crippen molar-refractivity contribution in [3.8, 4) is 0 Å². The standard InChI is InChI=1S/C14H17F3N2O3/c1-2-3-4-5-6-18-13(20)10-7-11(14(15,16)17)9-12(8-10)19(21)22/h7-9H,2-6H2,1H3,(H,18,20). The van der Waals surface area contributed by atoms with Crippen molar-refractivity contribution in [2.75, 3.05) is 6.54 Å². The first-order chi connectivity index (χ1) is 10.3. The van der Waals surface area contributed by atoms with Gasteiger partial charge >= 0.3 is 6.18 Å². The van der Waals surface area contributed by atoms with Crippen LogP contribution in [0.25, 0.3) is 0 Å². The van der Waals surface area contributed by atoms with Gasteiger partial charge in [-0.05, 0) is 12.5 Å². The van der Waals surface area contributed by atoms with Gasteiger partial charge in [0, 0.05) is 24.2 Å². The maximum absolute atomic E-state index is 12.7. The number of rotatable bonds is 7. The average molecular weight is 318 g/mol. The van der Waals surface area contributed by atoms with Gasteiger partial charge in [-0.3, -0.25) is 14.9 Å². The fraction of sp³-hybridized carbons (Fsp3) is 0.500. The minimum absolute atomic E-state index is 0.322. The molecule has 1 aromatic carbocycles. The number of carbonyl (C=O) groups is 1.